The average Bonchev–Trinajstić information content (AvgIpc) is 2.85. The first kappa shape index (κ1) is 25.3. The van der Waals surface area contributed by atoms with Gasteiger partial charge in [0.05, 0.1) is 33.0 Å². The molecule has 180 valence electrons. The Labute approximate surface area is 194 Å². The smallest absolute Gasteiger partial charge is 0.254 e. The normalized spacial score (nSPS) is 18.8. The number of carbonyl (C=O) groups excluding carboxylic acids is 1. The van der Waals surface area contributed by atoms with Crippen LogP contribution in [0.4, 0.5) is 0 Å². The molecule has 0 aliphatic carbocycles. The lowest BCUT2D eigenvalue weighted by atomic mass is 9.91. The number of ether oxygens (including phenoxy) is 3. The zero-order chi connectivity index (χ0) is 23.7. The molecule has 0 spiro atoms. The van der Waals surface area contributed by atoms with Gasteiger partial charge in [-0.25, -0.2) is 0 Å². The lowest BCUT2D eigenvalue weighted by Crippen LogP contribution is -2.59. The van der Waals surface area contributed by atoms with E-state index in [1.165, 1.54) is 11.8 Å². The van der Waals surface area contributed by atoms with Crippen molar-refractivity contribution >= 4 is 5.91 Å². The lowest BCUT2D eigenvalue weighted by molar-refractivity contribution is -0.195. The van der Waals surface area contributed by atoms with Crippen molar-refractivity contribution in [2.24, 2.45) is 0 Å². The summed E-state index contributed by atoms with van der Waals surface area (Å²) in [6, 6.07) is 18.6. The van der Waals surface area contributed by atoms with E-state index in [2.05, 4.69) is 0 Å². The molecule has 8 nitrogen and oxygen atoms in total. The van der Waals surface area contributed by atoms with Gasteiger partial charge >= 0.3 is 0 Å². The van der Waals surface area contributed by atoms with E-state index in [9.17, 15) is 20.1 Å². The summed E-state index contributed by atoms with van der Waals surface area (Å²) in [5.74, 6) is -0.573. The first-order chi connectivity index (χ1) is 15.9. The van der Waals surface area contributed by atoms with Gasteiger partial charge in [-0.3, -0.25) is 4.79 Å². The van der Waals surface area contributed by atoms with Crippen LogP contribution in [0.2, 0.25) is 0 Å². The number of amides is 1. The van der Waals surface area contributed by atoms with Crippen LogP contribution in [0.25, 0.3) is 0 Å². The molecule has 3 rings (SSSR count). The van der Waals surface area contributed by atoms with Crippen molar-refractivity contribution in [1.82, 2.24) is 4.90 Å². The van der Waals surface area contributed by atoms with Crippen molar-refractivity contribution in [3.05, 3.63) is 71.8 Å². The molecule has 33 heavy (non-hydrogen) atoms. The highest BCUT2D eigenvalue weighted by atomic mass is 16.5. The second kappa shape index (κ2) is 12.2. The molecule has 2 aromatic carbocycles. The van der Waals surface area contributed by atoms with Gasteiger partial charge in [0.15, 0.2) is 6.10 Å². The van der Waals surface area contributed by atoms with E-state index < -0.39 is 29.8 Å². The Balaban J connectivity index is 1.68. The number of hydrogen-bond acceptors (Lipinski definition) is 7. The van der Waals surface area contributed by atoms with Gasteiger partial charge in [0.25, 0.3) is 5.91 Å². The minimum absolute atomic E-state index is 0.0525. The molecule has 0 aromatic heterocycles. The monoisotopic (exact) mass is 459 g/mol. The van der Waals surface area contributed by atoms with Crippen LogP contribution in [-0.2, 0) is 32.2 Å². The number of benzene rings is 2. The van der Waals surface area contributed by atoms with Crippen molar-refractivity contribution in [1.29, 1.82) is 0 Å². The topological polar surface area (TPSA) is 109 Å². The molecule has 0 bridgehead atoms. The number of nitrogens with zero attached hydrogens (tertiary/aromatic N) is 1. The maximum atomic E-state index is 12.9. The fraction of sp³-hybridized carbons (Fsp3) is 0.480. The molecule has 0 radical (unpaired) electrons. The molecule has 8 heteroatoms. The van der Waals surface area contributed by atoms with E-state index in [1.54, 1.807) is 0 Å². The summed E-state index contributed by atoms with van der Waals surface area (Å²) < 4.78 is 16.7. The zero-order valence-electron chi connectivity index (χ0n) is 18.9. The van der Waals surface area contributed by atoms with E-state index in [0.717, 1.165) is 11.1 Å². The van der Waals surface area contributed by atoms with Crippen molar-refractivity contribution in [3.8, 4) is 0 Å². The van der Waals surface area contributed by atoms with Crippen LogP contribution in [0.5, 0.6) is 0 Å². The highest BCUT2D eigenvalue weighted by Crippen LogP contribution is 2.22. The molecule has 1 heterocycles. The Morgan fingerprint density at radius 1 is 1.00 bits per heavy atom. The van der Waals surface area contributed by atoms with Gasteiger partial charge in [0, 0.05) is 13.1 Å². The van der Waals surface area contributed by atoms with Crippen molar-refractivity contribution in [3.63, 3.8) is 0 Å². The molecule has 1 saturated heterocycles. The average molecular weight is 460 g/mol. The Hall–Kier alpha value is -2.33. The third kappa shape index (κ3) is 7.33. The number of hydrogen-bond donors (Lipinski definition) is 3. The maximum absolute atomic E-state index is 12.9. The predicted octanol–water partition coefficient (Wildman–Crippen LogP) is 1.12. The fourth-order valence-corrected chi connectivity index (χ4v) is 3.62. The summed E-state index contributed by atoms with van der Waals surface area (Å²) in [7, 11) is 0. The van der Waals surface area contributed by atoms with Crippen LogP contribution in [0.3, 0.4) is 0 Å². The van der Waals surface area contributed by atoms with E-state index in [-0.39, 0.29) is 19.8 Å². The van der Waals surface area contributed by atoms with Crippen molar-refractivity contribution in [2.45, 2.75) is 44.1 Å². The van der Waals surface area contributed by atoms with Gasteiger partial charge in [-0.15, -0.1) is 0 Å². The Morgan fingerprint density at radius 2 is 1.55 bits per heavy atom. The summed E-state index contributed by atoms with van der Waals surface area (Å²) in [4.78, 5) is 14.4. The van der Waals surface area contributed by atoms with Crippen LogP contribution in [0.1, 0.15) is 18.1 Å². The second-order valence-electron chi connectivity index (χ2n) is 8.42. The fourth-order valence-electron chi connectivity index (χ4n) is 3.62. The molecule has 0 saturated carbocycles. The summed E-state index contributed by atoms with van der Waals surface area (Å²) in [6.45, 7) is 2.91. The van der Waals surface area contributed by atoms with Crippen LogP contribution in [0, 0.1) is 0 Å². The maximum Gasteiger partial charge on any atom is 0.254 e. The number of aliphatic hydroxyl groups excluding tert-OH is 2. The zero-order valence-corrected chi connectivity index (χ0v) is 18.9. The molecular weight excluding hydrogens is 426 g/mol. The number of aliphatic hydroxyl groups is 3. The third-order valence-electron chi connectivity index (χ3n) is 5.63. The van der Waals surface area contributed by atoms with Crippen LogP contribution >= 0.6 is 0 Å². The highest BCUT2D eigenvalue weighted by molar-refractivity contribution is 5.81. The Bertz CT molecular complexity index is 840. The van der Waals surface area contributed by atoms with Gasteiger partial charge in [0.2, 0.25) is 0 Å². The van der Waals surface area contributed by atoms with E-state index in [0.29, 0.717) is 26.3 Å². The van der Waals surface area contributed by atoms with Crippen LogP contribution in [-0.4, -0.2) is 82.9 Å². The Kier molecular flexibility index (Phi) is 9.37. The highest BCUT2D eigenvalue weighted by Gasteiger charge is 2.44. The minimum atomic E-state index is -1.78. The quantitative estimate of drug-likeness (QED) is 0.462. The summed E-state index contributed by atoms with van der Waals surface area (Å²) in [5, 5.41) is 32.9. The van der Waals surface area contributed by atoms with Crippen LogP contribution in [0.15, 0.2) is 60.7 Å². The molecular formula is C25H33NO7. The van der Waals surface area contributed by atoms with Crippen molar-refractivity contribution in [2.75, 3.05) is 32.9 Å². The first-order valence-electron chi connectivity index (χ1n) is 11.1. The molecule has 2 aromatic rings. The molecule has 1 aliphatic heterocycles. The number of rotatable bonds is 11. The predicted molar refractivity (Wildman–Crippen MR) is 121 cm³/mol. The SMILES string of the molecule is CC(O)(COCc1ccccc1)[C@@H](O)[C@H](OCc1ccccc1)[C@@H](O)C(=O)N1CCOCC1. The standard InChI is InChI=1S/C25H33NO7/c1-25(30,18-32-16-19-8-4-2-5-9-19)23(28)22(33-17-20-10-6-3-7-11-20)21(27)24(29)26-12-14-31-15-13-26/h2-11,21-23,27-28,30H,12-18H2,1H3/t21-,22-,23+,25?/m1/s1. The van der Waals surface area contributed by atoms with Gasteiger partial charge in [0.1, 0.15) is 17.8 Å². The summed E-state index contributed by atoms with van der Waals surface area (Å²) in [5.41, 5.74) is -0.0505. The van der Waals surface area contributed by atoms with Gasteiger partial charge in [-0.05, 0) is 18.1 Å². The molecule has 1 amide bonds. The van der Waals surface area contributed by atoms with E-state index >= 15 is 0 Å². The molecule has 4 atom stereocenters. The molecule has 1 unspecified atom stereocenters. The number of morpholine rings is 1. The molecule has 1 fully saturated rings. The van der Waals surface area contributed by atoms with Crippen molar-refractivity contribution < 1.29 is 34.3 Å². The molecule has 3 N–H and O–H groups in total. The molecule has 1 aliphatic rings. The van der Waals surface area contributed by atoms with Gasteiger partial charge < -0.3 is 34.4 Å². The van der Waals surface area contributed by atoms with E-state index in [1.807, 2.05) is 60.7 Å². The van der Waals surface area contributed by atoms with Gasteiger partial charge in [-0.2, -0.15) is 0 Å². The summed E-state index contributed by atoms with van der Waals surface area (Å²) >= 11 is 0. The van der Waals surface area contributed by atoms with Crippen LogP contribution < -0.4 is 0 Å². The summed E-state index contributed by atoms with van der Waals surface area (Å²) in [6.07, 6.45) is -4.62. The second-order valence-corrected chi connectivity index (χ2v) is 8.42. The Morgan fingerprint density at radius 3 is 2.12 bits per heavy atom. The van der Waals surface area contributed by atoms with Gasteiger partial charge in [-0.1, -0.05) is 60.7 Å². The first-order valence-corrected chi connectivity index (χ1v) is 11.1. The minimum Gasteiger partial charge on any atom is -0.387 e. The largest absolute Gasteiger partial charge is 0.387 e. The lowest BCUT2D eigenvalue weighted by Gasteiger charge is -2.38. The number of carbonyl (C=O) groups is 1. The third-order valence-corrected chi connectivity index (χ3v) is 5.63. The van der Waals surface area contributed by atoms with E-state index in [4.69, 9.17) is 14.2 Å².